The molecule has 116 valence electrons. The van der Waals surface area contributed by atoms with Gasteiger partial charge in [0.1, 0.15) is 0 Å². The molecule has 1 unspecified atom stereocenters. The molecule has 0 radical (unpaired) electrons. The summed E-state index contributed by atoms with van der Waals surface area (Å²) in [7, 11) is 0. The van der Waals surface area contributed by atoms with Gasteiger partial charge in [-0.2, -0.15) is 0 Å². The van der Waals surface area contributed by atoms with E-state index in [2.05, 4.69) is 19.2 Å². The standard InChI is InChI=1S/C17H25NO3/c1-3-5-8-13(4-2)12-18-16(19)11-14-9-6-7-10-15(14)17(20)21/h6-7,9-10,13H,3-5,8,11-12H2,1-2H3,(H,18,19)(H,20,21). The number of carboxylic acids is 1. The predicted molar refractivity (Wildman–Crippen MR) is 83.4 cm³/mol. The lowest BCUT2D eigenvalue weighted by Gasteiger charge is -2.15. The molecule has 0 aliphatic rings. The first-order valence-corrected chi connectivity index (χ1v) is 7.66. The van der Waals surface area contributed by atoms with Crippen molar-refractivity contribution in [1.29, 1.82) is 0 Å². The molecule has 0 saturated heterocycles. The van der Waals surface area contributed by atoms with E-state index in [1.165, 1.54) is 12.5 Å². The minimum absolute atomic E-state index is 0.112. The molecule has 0 saturated carbocycles. The quantitative estimate of drug-likeness (QED) is 0.734. The molecular formula is C17H25NO3. The second kappa shape index (κ2) is 9.16. The largest absolute Gasteiger partial charge is 0.478 e. The fourth-order valence-electron chi connectivity index (χ4n) is 2.32. The van der Waals surface area contributed by atoms with Crippen molar-refractivity contribution in [3.8, 4) is 0 Å². The number of carboxylic acid groups (broad SMARTS) is 1. The maximum absolute atomic E-state index is 12.0. The van der Waals surface area contributed by atoms with Gasteiger partial charge in [-0.05, 0) is 24.0 Å². The number of amides is 1. The van der Waals surface area contributed by atoms with Gasteiger partial charge < -0.3 is 10.4 Å². The van der Waals surface area contributed by atoms with Crippen LogP contribution in [0.4, 0.5) is 0 Å². The van der Waals surface area contributed by atoms with Crippen LogP contribution < -0.4 is 5.32 Å². The van der Waals surface area contributed by atoms with Crippen LogP contribution >= 0.6 is 0 Å². The Morgan fingerprint density at radius 1 is 1.24 bits per heavy atom. The number of aromatic carboxylic acids is 1. The molecule has 1 aromatic carbocycles. The number of benzene rings is 1. The van der Waals surface area contributed by atoms with Crippen molar-refractivity contribution >= 4 is 11.9 Å². The molecule has 4 heteroatoms. The zero-order valence-electron chi connectivity index (χ0n) is 12.9. The third-order valence-electron chi connectivity index (χ3n) is 3.73. The van der Waals surface area contributed by atoms with E-state index in [4.69, 9.17) is 5.11 Å². The lowest BCUT2D eigenvalue weighted by atomic mass is 9.99. The van der Waals surface area contributed by atoms with E-state index in [0.717, 1.165) is 19.3 Å². The summed E-state index contributed by atoms with van der Waals surface area (Å²) >= 11 is 0. The highest BCUT2D eigenvalue weighted by molar-refractivity contribution is 5.91. The van der Waals surface area contributed by atoms with Crippen molar-refractivity contribution in [2.75, 3.05) is 6.54 Å². The smallest absolute Gasteiger partial charge is 0.335 e. The molecule has 0 bridgehead atoms. The van der Waals surface area contributed by atoms with Gasteiger partial charge in [-0.25, -0.2) is 4.79 Å². The van der Waals surface area contributed by atoms with E-state index >= 15 is 0 Å². The number of nitrogens with one attached hydrogen (secondary N) is 1. The van der Waals surface area contributed by atoms with Gasteiger partial charge in [0.15, 0.2) is 0 Å². The maximum Gasteiger partial charge on any atom is 0.335 e. The fraction of sp³-hybridized carbons (Fsp3) is 0.529. The molecule has 1 rings (SSSR count). The first-order chi connectivity index (χ1) is 10.1. The Labute approximate surface area is 126 Å². The molecule has 0 spiro atoms. The second-order valence-corrected chi connectivity index (χ2v) is 5.36. The minimum Gasteiger partial charge on any atom is -0.478 e. The van der Waals surface area contributed by atoms with Crippen LogP contribution in [0.5, 0.6) is 0 Å². The van der Waals surface area contributed by atoms with E-state index < -0.39 is 5.97 Å². The van der Waals surface area contributed by atoms with Gasteiger partial charge in [-0.1, -0.05) is 51.3 Å². The van der Waals surface area contributed by atoms with Crippen molar-refractivity contribution in [3.05, 3.63) is 35.4 Å². The summed E-state index contributed by atoms with van der Waals surface area (Å²) in [6.45, 7) is 4.96. The number of carbonyl (C=O) groups is 2. The maximum atomic E-state index is 12.0. The van der Waals surface area contributed by atoms with Gasteiger partial charge >= 0.3 is 5.97 Å². The van der Waals surface area contributed by atoms with Crippen LogP contribution in [0.15, 0.2) is 24.3 Å². The third kappa shape index (κ3) is 5.98. The molecule has 21 heavy (non-hydrogen) atoms. The van der Waals surface area contributed by atoms with E-state index in [9.17, 15) is 9.59 Å². The normalized spacial score (nSPS) is 11.9. The second-order valence-electron chi connectivity index (χ2n) is 5.36. The minimum atomic E-state index is -0.993. The number of hydrogen-bond donors (Lipinski definition) is 2. The SMILES string of the molecule is CCCCC(CC)CNC(=O)Cc1ccccc1C(=O)O. The molecule has 2 N–H and O–H groups in total. The van der Waals surface area contributed by atoms with Crippen LogP contribution in [0, 0.1) is 5.92 Å². The molecule has 0 aliphatic heterocycles. The van der Waals surface area contributed by atoms with Crippen molar-refractivity contribution in [2.45, 2.75) is 46.0 Å². The molecular weight excluding hydrogens is 266 g/mol. The Kier molecular flexibility index (Phi) is 7.51. The first-order valence-electron chi connectivity index (χ1n) is 7.66. The van der Waals surface area contributed by atoms with Crippen LogP contribution in [-0.2, 0) is 11.2 Å². The Bertz CT molecular complexity index is 471. The fourth-order valence-corrected chi connectivity index (χ4v) is 2.32. The monoisotopic (exact) mass is 291 g/mol. The van der Waals surface area contributed by atoms with Gasteiger partial charge in [0.2, 0.25) is 5.91 Å². The molecule has 0 aromatic heterocycles. The van der Waals surface area contributed by atoms with Gasteiger partial charge in [-0.15, -0.1) is 0 Å². The highest BCUT2D eigenvalue weighted by atomic mass is 16.4. The molecule has 0 aliphatic carbocycles. The van der Waals surface area contributed by atoms with Crippen LogP contribution in [0.3, 0.4) is 0 Å². The number of carbonyl (C=O) groups excluding carboxylic acids is 1. The lowest BCUT2D eigenvalue weighted by Crippen LogP contribution is -2.30. The van der Waals surface area contributed by atoms with Crippen molar-refractivity contribution < 1.29 is 14.7 Å². The zero-order valence-corrected chi connectivity index (χ0v) is 12.9. The van der Waals surface area contributed by atoms with E-state index in [-0.39, 0.29) is 17.9 Å². The summed E-state index contributed by atoms with van der Waals surface area (Å²) in [5, 5.41) is 12.0. The summed E-state index contributed by atoms with van der Waals surface area (Å²) < 4.78 is 0. The Morgan fingerprint density at radius 2 is 1.95 bits per heavy atom. The van der Waals surface area contributed by atoms with Crippen molar-refractivity contribution in [2.24, 2.45) is 5.92 Å². The summed E-state index contributed by atoms with van der Waals surface area (Å²) in [6.07, 6.45) is 4.63. The summed E-state index contributed by atoms with van der Waals surface area (Å²) in [5.74, 6) is -0.602. The Balaban J connectivity index is 2.52. The predicted octanol–water partition coefficient (Wildman–Crippen LogP) is 3.26. The summed E-state index contributed by atoms with van der Waals surface area (Å²) in [5.41, 5.74) is 0.759. The Morgan fingerprint density at radius 3 is 2.57 bits per heavy atom. The van der Waals surface area contributed by atoms with Crippen LogP contribution in [0.1, 0.15) is 55.5 Å². The first kappa shape index (κ1) is 17.2. The lowest BCUT2D eigenvalue weighted by molar-refractivity contribution is -0.120. The molecule has 1 aromatic rings. The number of hydrogen-bond acceptors (Lipinski definition) is 2. The van der Waals surface area contributed by atoms with Gasteiger partial charge in [0, 0.05) is 6.54 Å². The Hall–Kier alpha value is -1.84. The summed E-state index contributed by atoms with van der Waals surface area (Å²) in [6, 6.07) is 6.65. The highest BCUT2D eigenvalue weighted by Crippen LogP contribution is 2.12. The number of unbranched alkanes of at least 4 members (excludes halogenated alkanes) is 1. The summed E-state index contributed by atoms with van der Waals surface area (Å²) in [4.78, 5) is 23.1. The van der Waals surface area contributed by atoms with E-state index in [1.807, 2.05) is 0 Å². The van der Waals surface area contributed by atoms with Gasteiger partial charge in [-0.3, -0.25) is 4.79 Å². The van der Waals surface area contributed by atoms with E-state index in [1.54, 1.807) is 18.2 Å². The molecule has 0 heterocycles. The van der Waals surface area contributed by atoms with Crippen LogP contribution in [-0.4, -0.2) is 23.5 Å². The molecule has 1 atom stereocenters. The average Bonchev–Trinajstić information content (AvgIpc) is 2.47. The molecule has 4 nitrogen and oxygen atoms in total. The topological polar surface area (TPSA) is 66.4 Å². The van der Waals surface area contributed by atoms with Crippen molar-refractivity contribution in [3.63, 3.8) is 0 Å². The number of rotatable bonds is 9. The molecule has 0 fully saturated rings. The zero-order chi connectivity index (χ0) is 15.7. The van der Waals surface area contributed by atoms with Gasteiger partial charge in [0.05, 0.1) is 12.0 Å². The molecule has 1 amide bonds. The van der Waals surface area contributed by atoms with E-state index in [0.29, 0.717) is 18.0 Å². The van der Waals surface area contributed by atoms with Crippen LogP contribution in [0.25, 0.3) is 0 Å². The highest BCUT2D eigenvalue weighted by Gasteiger charge is 2.13. The average molecular weight is 291 g/mol. The van der Waals surface area contributed by atoms with Crippen molar-refractivity contribution in [1.82, 2.24) is 5.32 Å². The van der Waals surface area contributed by atoms with Gasteiger partial charge in [0.25, 0.3) is 0 Å². The third-order valence-corrected chi connectivity index (χ3v) is 3.73. The van der Waals surface area contributed by atoms with Crippen LogP contribution in [0.2, 0.25) is 0 Å².